The first-order valence-electron chi connectivity index (χ1n) is 7.62. The number of aliphatic hydroxyl groups excluding tert-OH is 1. The van der Waals surface area contributed by atoms with Crippen LogP contribution in [0.3, 0.4) is 0 Å². The predicted octanol–water partition coefficient (Wildman–Crippen LogP) is 1.82. The summed E-state index contributed by atoms with van der Waals surface area (Å²) in [6.07, 6.45) is 2.81. The van der Waals surface area contributed by atoms with E-state index < -0.39 is 0 Å². The number of anilines is 1. The maximum atomic E-state index is 14.2. The molecule has 3 aromatic rings. The lowest BCUT2D eigenvalue weighted by Crippen LogP contribution is -2.07. The van der Waals surface area contributed by atoms with Gasteiger partial charge in [-0.3, -0.25) is 4.68 Å². The second-order valence-corrected chi connectivity index (χ2v) is 5.46. The lowest BCUT2D eigenvalue weighted by molar-refractivity contribution is 0.268. The van der Waals surface area contributed by atoms with E-state index in [0.29, 0.717) is 24.5 Å². The molecule has 0 aliphatic heterocycles. The Morgan fingerprint density at radius 3 is 2.79 bits per heavy atom. The number of aryl methyl sites for hydroxylation is 1. The average molecular weight is 330 g/mol. The molecule has 0 aliphatic carbocycles. The van der Waals surface area contributed by atoms with Gasteiger partial charge in [0, 0.05) is 23.5 Å². The Balaban J connectivity index is 1.75. The second-order valence-electron chi connectivity index (χ2n) is 5.46. The van der Waals surface area contributed by atoms with Crippen molar-refractivity contribution in [2.24, 2.45) is 0 Å². The smallest absolute Gasteiger partial charge is 0.150 e. The standard InChI is InChI=1S/C16H19FN6O/c1-11-14(12(2)22(21-11)5-6-24)8-19-13-3-4-16(15(17)7-13)23-10-18-9-20-23/h3-4,7,9-10,19,24H,5-6,8H2,1-2H3. The number of nitrogens with one attached hydrogen (secondary N) is 1. The van der Waals surface area contributed by atoms with Gasteiger partial charge in [0.2, 0.25) is 0 Å². The number of benzene rings is 1. The number of rotatable bonds is 6. The third-order valence-electron chi connectivity index (χ3n) is 3.93. The average Bonchev–Trinajstić information content (AvgIpc) is 3.16. The Kier molecular flexibility index (Phi) is 4.57. The molecule has 0 saturated heterocycles. The molecule has 7 nitrogen and oxygen atoms in total. The van der Waals surface area contributed by atoms with E-state index in [-0.39, 0.29) is 12.4 Å². The molecule has 0 atom stereocenters. The highest BCUT2D eigenvalue weighted by atomic mass is 19.1. The molecule has 3 rings (SSSR count). The summed E-state index contributed by atoms with van der Waals surface area (Å²) in [5, 5.41) is 20.6. The highest BCUT2D eigenvalue weighted by molar-refractivity contribution is 5.50. The molecule has 0 saturated carbocycles. The molecule has 0 fully saturated rings. The van der Waals surface area contributed by atoms with Gasteiger partial charge >= 0.3 is 0 Å². The SMILES string of the molecule is Cc1nn(CCO)c(C)c1CNc1ccc(-n2cncn2)c(F)c1. The van der Waals surface area contributed by atoms with Gasteiger partial charge in [-0.2, -0.15) is 10.2 Å². The fraction of sp³-hybridized carbons (Fsp3) is 0.312. The van der Waals surface area contributed by atoms with Crippen LogP contribution in [-0.4, -0.2) is 36.3 Å². The van der Waals surface area contributed by atoms with E-state index in [9.17, 15) is 4.39 Å². The van der Waals surface area contributed by atoms with Gasteiger partial charge in [-0.15, -0.1) is 0 Å². The van der Waals surface area contributed by atoms with Crippen molar-refractivity contribution >= 4 is 5.69 Å². The molecule has 0 unspecified atom stereocenters. The molecule has 126 valence electrons. The molecule has 0 spiro atoms. The quantitative estimate of drug-likeness (QED) is 0.721. The zero-order valence-corrected chi connectivity index (χ0v) is 13.6. The fourth-order valence-corrected chi connectivity index (χ4v) is 2.63. The summed E-state index contributed by atoms with van der Waals surface area (Å²) < 4.78 is 17.4. The summed E-state index contributed by atoms with van der Waals surface area (Å²) in [4.78, 5) is 3.82. The van der Waals surface area contributed by atoms with Crippen LogP contribution < -0.4 is 5.32 Å². The van der Waals surface area contributed by atoms with Gasteiger partial charge in [-0.1, -0.05) is 0 Å². The van der Waals surface area contributed by atoms with E-state index in [1.165, 1.54) is 23.4 Å². The van der Waals surface area contributed by atoms with Crippen LogP contribution in [0.2, 0.25) is 0 Å². The van der Waals surface area contributed by atoms with Crippen molar-refractivity contribution in [3.63, 3.8) is 0 Å². The minimum Gasteiger partial charge on any atom is -0.394 e. The van der Waals surface area contributed by atoms with Gasteiger partial charge in [-0.05, 0) is 32.0 Å². The van der Waals surface area contributed by atoms with Gasteiger partial charge in [0.1, 0.15) is 18.3 Å². The number of halogens is 1. The molecule has 0 radical (unpaired) electrons. The summed E-state index contributed by atoms with van der Waals surface area (Å²) in [7, 11) is 0. The Labute approximate surface area is 138 Å². The van der Waals surface area contributed by atoms with Crippen LogP contribution in [0.5, 0.6) is 0 Å². The summed E-state index contributed by atoms with van der Waals surface area (Å²) in [6.45, 7) is 4.93. The molecule has 0 aliphatic rings. The molecule has 0 amide bonds. The van der Waals surface area contributed by atoms with E-state index in [2.05, 4.69) is 20.5 Å². The Morgan fingerprint density at radius 1 is 1.29 bits per heavy atom. The second kappa shape index (κ2) is 6.79. The summed E-state index contributed by atoms with van der Waals surface area (Å²) >= 11 is 0. The molecule has 0 bridgehead atoms. The van der Waals surface area contributed by atoms with Crippen molar-refractivity contribution in [1.82, 2.24) is 24.5 Å². The van der Waals surface area contributed by atoms with Crippen molar-refractivity contribution in [3.05, 3.63) is 53.6 Å². The van der Waals surface area contributed by atoms with Crippen molar-refractivity contribution in [2.45, 2.75) is 26.9 Å². The minimum atomic E-state index is -0.380. The van der Waals surface area contributed by atoms with Gasteiger partial charge < -0.3 is 10.4 Å². The molecule has 2 heterocycles. The lowest BCUT2D eigenvalue weighted by Gasteiger charge is -2.09. The highest BCUT2D eigenvalue weighted by Crippen LogP contribution is 2.20. The highest BCUT2D eigenvalue weighted by Gasteiger charge is 2.12. The van der Waals surface area contributed by atoms with Crippen molar-refractivity contribution < 1.29 is 9.50 Å². The van der Waals surface area contributed by atoms with Gasteiger partial charge in [0.15, 0.2) is 5.82 Å². The van der Waals surface area contributed by atoms with Crippen molar-refractivity contribution in [2.75, 3.05) is 11.9 Å². The molecule has 24 heavy (non-hydrogen) atoms. The maximum Gasteiger partial charge on any atom is 0.150 e. The summed E-state index contributed by atoms with van der Waals surface area (Å²) in [6, 6.07) is 4.88. The van der Waals surface area contributed by atoms with Gasteiger partial charge in [-0.25, -0.2) is 14.1 Å². The van der Waals surface area contributed by atoms with E-state index in [1.807, 2.05) is 13.8 Å². The van der Waals surface area contributed by atoms with E-state index in [4.69, 9.17) is 5.11 Å². The van der Waals surface area contributed by atoms with Crippen LogP contribution >= 0.6 is 0 Å². The summed E-state index contributed by atoms with van der Waals surface area (Å²) in [5.41, 5.74) is 3.96. The van der Waals surface area contributed by atoms with Gasteiger partial charge in [0.05, 0.1) is 18.8 Å². The zero-order valence-electron chi connectivity index (χ0n) is 13.6. The number of hydrogen-bond acceptors (Lipinski definition) is 5. The largest absolute Gasteiger partial charge is 0.394 e. The van der Waals surface area contributed by atoms with E-state index in [1.54, 1.807) is 16.8 Å². The van der Waals surface area contributed by atoms with Crippen LogP contribution in [0.25, 0.3) is 5.69 Å². The third-order valence-corrected chi connectivity index (χ3v) is 3.93. The van der Waals surface area contributed by atoms with Crippen LogP contribution in [0.1, 0.15) is 17.0 Å². The zero-order chi connectivity index (χ0) is 17.1. The predicted molar refractivity (Wildman–Crippen MR) is 87.4 cm³/mol. The van der Waals surface area contributed by atoms with Crippen molar-refractivity contribution in [3.8, 4) is 5.69 Å². The van der Waals surface area contributed by atoms with Crippen molar-refractivity contribution in [1.29, 1.82) is 0 Å². The molecular formula is C16H19FN6O. The Bertz CT molecular complexity index is 827. The first-order chi connectivity index (χ1) is 11.6. The molecule has 1 aromatic carbocycles. The maximum absolute atomic E-state index is 14.2. The molecular weight excluding hydrogens is 311 g/mol. The van der Waals surface area contributed by atoms with Gasteiger partial charge in [0.25, 0.3) is 0 Å². The number of aliphatic hydroxyl groups is 1. The van der Waals surface area contributed by atoms with Crippen LogP contribution in [0.15, 0.2) is 30.9 Å². The molecule has 8 heteroatoms. The first-order valence-corrected chi connectivity index (χ1v) is 7.62. The Morgan fingerprint density at radius 2 is 2.12 bits per heavy atom. The summed E-state index contributed by atoms with van der Waals surface area (Å²) in [5.74, 6) is -0.380. The lowest BCUT2D eigenvalue weighted by atomic mass is 10.2. The number of aromatic nitrogens is 5. The van der Waals surface area contributed by atoms with E-state index in [0.717, 1.165) is 17.0 Å². The molecule has 2 aromatic heterocycles. The number of nitrogens with zero attached hydrogens (tertiary/aromatic N) is 5. The Hall–Kier alpha value is -2.74. The van der Waals surface area contributed by atoms with Crippen LogP contribution in [0, 0.1) is 19.7 Å². The van der Waals surface area contributed by atoms with Crippen LogP contribution in [0.4, 0.5) is 10.1 Å². The minimum absolute atomic E-state index is 0.0454. The first kappa shape index (κ1) is 16.1. The monoisotopic (exact) mass is 330 g/mol. The van der Waals surface area contributed by atoms with Crippen LogP contribution in [-0.2, 0) is 13.1 Å². The normalized spacial score (nSPS) is 11.0. The fourth-order valence-electron chi connectivity index (χ4n) is 2.63. The molecule has 2 N–H and O–H groups in total. The number of hydrogen-bond donors (Lipinski definition) is 2. The topological polar surface area (TPSA) is 80.8 Å². The van der Waals surface area contributed by atoms with E-state index >= 15 is 0 Å². The third kappa shape index (κ3) is 3.13.